The molecule has 0 aliphatic carbocycles. The van der Waals surface area contributed by atoms with Crippen LogP contribution in [0.15, 0.2) is 66.7 Å². The second kappa shape index (κ2) is 15.0. The van der Waals surface area contributed by atoms with E-state index in [1.807, 2.05) is 42.5 Å². The molecule has 0 radical (unpaired) electrons. The highest BCUT2D eigenvalue weighted by atomic mass is 35.5. The predicted molar refractivity (Wildman–Crippen MR) is 165 cm³/mol. The minimum Gasteiger partial charge on any atom is -0.386 e. The first-order valence-corrected chi connectivity index (χ1v) is 15.4. The van der Waals surface area contributed by atoms with Crippen molar-refractivity contribution in [3.8, 4) is 0 Å². The standard InChI is InChI=1S/C31H35ClN4O5S/c32-24-10-4-3-9-23(24)17-28(38)34-26(18-42-19-37)31(41)36-14-6-5-11-27(36)30(40)35-25(29(33)39)16-20-12-13-21-7-1-2-8-22(21)15-20/h1-4,7-10,12-13,15,25-27,37H,5-6,11,14,16-19H2,(H2,33,39)(H,34,38)(H,35,40)/t25-,26-,27-/m0/s1. The Morgan fingerprint density at radius 2 is 1.71 bits per heavy atom. The molecule has 42 heavy (non-hydrogen) atoms. The van der Waals surface area contributed by atoms with Crippen LogP contribution >= 0.6 is 23.4 Å². The molecule has 1 aliphatic heterocycles. The Kier molecular flexibility index (Phi) is 11.2. The number of nitrogens with zero attached hydrogens (tertiary/aromatic N) is 1. The van der Waals surface area contributed by atoms with Crippen LogP contribution in [0.4, 0.5) is 0 Å². The SMILES string of the molecule is NC(=O)[C@H](Cc1ccc2ccccc2c1)NC(=O)[C@@H]1CCCCN1C(=O)[C@H](CSCO)NC(=O)Cc1ccccc1Cl. The quantitative estimate of drug-likeness (QED) is 0.232. The number of hydrogen-bond donors (Lipinski definition) is 4. The van der Waals surface area contributed by atoms with Gasteiger partial charge < -0.3 is 26.4 Å². The molecule has 222 valence electrons. The van der Waals surface area contributed by atoms with Gasteiger partial charge in [0.05, 0.1) is 12.4 Å². The molecule has 11 heteroatoms. The largest absolute Gasteiger partial charge is 0.386 e. The van der Waals surface area contributed by atoms with Gasteiger partial charge in [0.2, 0.25) is 23.6 Å². The van der Waals surface area contributed by atoms with Crippen molar-refractivity contribution in [2.45, 2.75) is 50.2 Å². The molecule has 1 saturated heterocycles. The summed E-state index contributed by atoms with van der Waals surface area (Å²) in [7, 11) is 0. The molecule has 0 saturated carbocycles. The molecule has 0 bridgehead atoms. The number of primary amides is 1. The van der Waals surface area contributed by atoms with Crippen molar-refractivity contribution < 1.29 is 24.3 Å². The van der Waals surface area contributed by atoms with E-state index in [9.17, 15) is 24.3 Å². The summed E-state index contributed by atoms with van der Waals surface area (Å²) in [5.74, 6) is -2.07. The number of halogens is 1. The van der Waals surface area contributed by atoms with Crippen LogP contribution in [0.2, 0.25) is 5.02 Å². The lowest BCUT2D eigenvalue weighted by Crippen LogP contribution is -2.60. The average Bonchev–Trinajstić information content (AvgIpc) is 2.99. The normalized spacial score (nSPS) is 16.4. The van der Waals surface area contributed by atoms with Gasteiger partial charge in [0, 0.05) is 23.7 Å². The zero-order chi connectivity index (χ0) is 30.1. The van der Waals surface area contributed by atoms with E-state index in [1.54, 1.807) is 24.3 Å². The van der Waals surface area contributed by atoms with Crippen LogP contribution in [0.25, 0.3) is 10.8 Å². The van der Waals surface area contributed by atoms with Crippen molar-refractivity contribution in [2.24, 2.45) is 5.73 Å². The number of likely N-dealkylation sites (tertiary alicyclic amines) is 1. The van der Waals surface area contributed by atoms with Crippen LogP contribution < -0.4 is 16.4 Å². The van der Waals surface area contributed by atoms with Crippen molar-refractivity contribution >= 4 is 57.8 Å². The number of aliphatic hydroxyl groups is 1. The van der Waals surface area contributed by atoms with Gasteiger partial charge in [-0.2, -0.15) is 0 Å². The highest BCUT2D eigenvalue weighted by Crippen LogP contribution is 2.21. The highest BCUT2D eigenvalue weighted by Gasteiger charge is 2.37. The molecule has 9 nitrogen and oxygen atoms in total. The molecule has 1 heterocycles. The van der Waals surface area contributed by atoms with Gasteiger partial charge in [0.25, 0.3) is 0 Å². The van der Waals surface area contributed by atoms with Crippen LogP contribution in [0.5, 0.6) is 0 Å². The van der Waals surface area contributed by atoms with Gasteiger partial charge in [-0.05, 0) is 47.2 Å². The number of rotatable bonds is 12. The van der Waals surface area contributed by atoms with Gasteiger partial charge in [-0.25, -0.2) is 0 Å². The number of nitrogens with two attached hydrogens (primary N) is 1. The summed E-state index contributed by atoms with van der Waals surface area (Å²) in [5.41, 5.74) is 7.15. The molecule has 0 aromatic heterocycles. The first kappa shape index (κ1) is 31.3. The molecule has 4 amide bonds. The van der Waals surface area contributed by atoms with Crippen molar-refractivity contribution in [1.82, 2.24) is 15.5 Å². The summed E-state index contributed by atoms with van der Waals surface area (Å²) in [4.78, 5) is 53.9. The average molecular weight is 611 g/mol. The van der Waals surface area contributed by atoms with E-state index >= 15 is 0 Å². The molecular weight excluding hydrogens is 576 g/mol. The molecule has 4 rings (SSSR count). The number of carbonyl (C=O) groups is 4. The number of benzene rings is 3. The Hall–Kier alpha value is -3.60. The lowest BCUT2D eigenvalue weighted by molar-refractivity contribution is -0.145. The Morgan fingerprint density at radius 3 is 2.45 bits per heavy atom. The fraction of sp³-hybridized carbons (Fsp3) is 0.355. The third-order valence-electron chi connectivity index (χ3n) is 7.32. The number of piperidine rings is 1. The summed E-state index contributed by atoms with van der Waals surface area (Å²) in [5, 5.41) is 17.4. The number of thioether (sulfide) groups is 1. The lowest BCUT2D eigenvalue weighted by atomic mass is 9.98. The Labute approximate surface area is 254 Å². The minimum absolute atomic E-state index is 0.0216. The van der Waals surface area contributed by atoms with E-state index in [0.717, 1.165) is 34.5 Å². The zero-order valence-electron chi connectivity index (χ0n) is 23.1. The second-order valence-electron chi connectivity index (χ2n) is 10.3. The van der Waals surface area contributed by atoms with Gasteiger partial charge >= 0.3 is 0 Å². The highest BCUT2D eigenvalue weighted by molar-refractivity contribution is 7.99. The number of hydrogen-bond acceptors (Lipinski definition) is 6. The van der Waals surface area contributed by atoms with E-state index in [2.05, 4.69) is 10.6 Å². The summed E-state index contributed by atoms with van der Waals surface area (Å²) < 4.78 is 0. The maximum absolute atomic E-state index is 13.7. The molecule has 0 unspecified atom stereocenters. The van der Waals surface area contributed by atoms with Crippen molar-refractivity contribution in [3.05, 3.63) is 82.9 Å². The number of aliphatic hydroxyl groups excluding tert-OH is 1. The number of amides is 4. The second-order valence-corrected chi connectivity index (χ2v) is 11.7. The molecule has 5 N–H and O–H groups in total. The zero-order valence-corrected chi connectivity index (χ0v) is 24.7. The first-order chi connectivity index (χ1) is 20.3. The molecule has 3 aromatic carbocycles. The van der Waals surface area contributed by atoms with E-state index in [1.165, 1.54) is 4.90 Å². The van der Waals surface area contributed by atoms with Crippen LogP contribution in [0, 0.1) is 0 Å². The van der Waals surface area contributed by atoms with E-state index < -0.39 is 41.8 Å². The number of fused-ring (bicyclic) bond motifs is 1. The minimum atomic E-state index is -0.964. The maximum atomic E-state index is 13.7. The number of nitrogens with one attached hydrogen (secondary N) is 2. The Balaban J connectivity index is 1.46. The third-order valence-corrected chi connectivity index (χ3v) is 8.44. The molecule has 1 fully saturated rings. The summed E-state index contributed by atoms with van der Waals surface area (Å²) in [6.07, 6.45) is 2.01. The third kappa shape index (κ3) is 8.24. The molecule has 0 spiro atoms. The molecule has 3 aromatic rings. The van der Waals surface area contributed by atoms with Crippen molar-refractivity contribution in [2.75, 3.05) is 18.2 Å². The molecule has 3 atom stereocenters. The first-order valence-electron chi connectivity index (χ1n) is 13.9. The smallest absolute Gasteiger partial charge is 0.246 e. The monoisotopic (exact) mass is 610 g/mol. The summed E-state index contributed by atoms with van der Waals surface area (Å²) in [6, 6.07) is 17.9. The number of carbonyl (C=O) groups excluding carboxylic acids is 4. The van der Waals surface area contributed by atoms with E-state index in [0.29, 0.717) is 30.0 Å². The fourth-order valence-corrected chi connectivity index (χ4v) is 5.94. The summed E-state index contributed by atoms with van der Waals surface area (Å²) in [6.45, 7) is 0.323. The molecule has 1 aliphatic rings. The fourth-order valence-electron chi connectivity index (χ4n) is 5.17. The van der Waals surface area contributed by atoms with Gasteiger partial charge in [0.15, 0.2) is 0 Å². The van der Waals surface area contributed by atoms with Gasteiger partial charge in [-0.1, -0.05) is 72.3 Å². The van der Waals surface area contributed by atoms with Crippen LogP contribution in [0.1, 0.15) is 30.4 Å². The lowest BCUT2D eigenvalue weighted by Gasteiger charge is -2.37. The van der Waals surface area contributed by atoms with Gasteiger partial charge in [0.1, 0.15) is 18.1 Å². The van der Waals surface area contributed by atoms with Crippen LogP contribution in [-0.2, 0) is 32.0 Å². The van der Waals surface area contributed by atoms with Gasteiger partial charge in [-0.3, -0.25) is 19.2 Å². The van der Waals surface area contributed by atoms with Crippen molar-refractivity contribution in [1.29, 1.82) is 0 Å². The van der Waals surface area contributed by atoms with E-state index in [4.69, 9.17) is 17.3 Å². The van der Waals surface area contributed by atoms with Gasteiger partial charge in [-0.15, -0.1) is 11.8 Å². The van der Waals surface area contributed by atoms with Crippen molar-refractivity contribution in [3.63, 3.8) is 0 Å². The van der Waals surface area contributed by atoms with Crippen LogP contribution in [0.3, 0.4) is 0 Å². The summed E-state index contributed by atoms with van der Waals surface area (Å²) >= 11 is 7.29. The Bertz CT molecular complexity index is 1440. The van der Waals surface area contributed by atoms with Crippen LogP contribution in [-0.4, -0.2) is 70.0 Å². The predicted octanol–water partition coefficient (Wildman–Crippen LogP) is 2.80. The topological polar surface area (TPSA) is 142 Å². The molecular formula is C31H35ClN4O5S. The van der Waals surface area contributed by atoms with E-state index in [-0.39, 0.29) is 24.5 Å². The maximum Gasteiger partial charge on any atom is 0.246 e. The Morgan fingerprint density at radius 1 is 0.976 bits per heavy atom.